The normalized spacial score (nSPS) is 10.8. The Labute approximate surface area is 228 Å². The van der Waals surface area contributed by atoms with Gasteiger partial charge < -0.3 is 14.8 Å². The lowest BCUT2D eigenvalue weighted by Crippen LogP contribution is -2.21. The molecule has 0 radical (unpaired) electrons. The summed E-state index contributed by atoms with van der Waals surface area (Å²) in [5, 5.41) is 4.14. The van der Waals surface area contributed by atoms with Crippen LogP contribution in [0, 0.1) is 0 Å². The van der Waals surface area contributed by atoms with Crippen LogP contribution in [0.25, 0.3) is 32.6 Å². The van der Waals surface area contributed by atoms with Crippen LogP contribution in [0.15, 0.2) is 91.0 Å². The molecular formula is C30H23ClN2O4S. The Morgan fingerprint density at radius 2 is 1.58 bits per heavy atom. The van der Waals surface area contributed by atoms with Gasteiger partial charge in [0, 0.05) is 16.0 Å². The van der Waals surface area contributed by atoms with Gasteiger partial charge in [0.15, 0.2) is 6.61 Å². The fraction of sp³-hybridized carbons (Fsp3) is 0.100. The van der Waals surface area contributed by atoms with Gasteiger partial charge in [-0.25, -0.2) is 9.78 Å². The predicted octanol–water partition coefficient (Wildman–Crippen LogP) is 7.48. The summed E-state index contributed by atoms with van der Waals surface area (Å²) in [5.74, 6) is -0.439. The highest BCUT2D eigenvalue weighted by atomic mass is 35.5. The van der Waals surface area contributed by atoms with Gasteiger partial charge in [0.1, 0.15) is 15.5 Å². The number of nitrogens with one attached hydrogen (secondary N) is 1. The van der Waals surface area contributed by atoms with Crippen molar-refractivity contribution in [3.63, 3.8) is 0 Å². The Balaban J connectivity index is 1.61. The number of rotatable bonds is 8. The zero-order chi connectivity index (χ0) is 26.5. The first kappa shape index (κ1) is 25.4. The minimum Gasteiger partial charge on any atom is -0.484 e. The van der Waals surface area contributed by atoms with Crippen molar-refractivity contribution in [2.45, 2.75) is 6.92 Å². The number of fused-ring (bicyclic) bond motifs is 1. The van der Waals surface area contributed by atoms with E-state index in [4.69, 9.17) is 26.1 Å². The molecule has 5 rings (SSSR count). The third-order valence-electron chi connectivity index (χ3n) is 5.73. The number of amides is 1. The number of thiophene rings is 1. The maximum atomic E-state index is 13.0. The summed E-state index contributed by atoms with van der Waals surface area (Å²) in [6.07, 6.45) is 0. The standard InChI is InChI=1S/C30H23ClN2O4S/c1-2-36-30(35)28-27(33-25(34)18-37-22-15-13-21(31)14-16-22)26-23(19-9-5-3-6-10-19)17-24(32-29(26)38-28)20-11-7-4-8-12-20/h3-17H,2,18H2,1H3,(H,33,34). The number of hydrogen-bond donors (Lipinski definition) is 1. The first-order valence-electron chi connectivity index (χ1n) is 12.0. The fourth-order valence-corrected chi connectivity index (χ4v) is 5.19. The second kappa shape index (κ2) is 11.5. The van der Waals surface area contributed by atoms with Gasteiger partial charge in [0.05, 0.1) is 18.0 Å². The van der Waals surface area contributed by atoms with E-state index < -0.39 is 11.9 Å². The van der Waals surface area contributed by atoms with Crippen LogP contribution in [0.4, 0.5) is 5.69 Å². The summed E-state index contributed by atoms with van der Waals surface area (Å²) < 4.78 is 11.0. The fourth-order valence-electron chi connectivity index (χ4n) is 4.02. The van der Waals surface area contributed by atoms with Gasteiger partial charge in [-0.05, 0) is 48.4 Å². The molecule has 190 valence electrons. The highest BCUT2D eigenvalue weighted by molar-refractivity contribution is 7.21. The molecule has 0 spiro atoms. The molecule has 0 unspecified atom stereocenters. The summed E-state index contributed by atoms with van der Waals surface area (Å²) in [4.78, 5) is 31.8. The van der Waals surface area contributed by atoms with E-state index in [1.54, 1.807) is 31.2 Å². The number of nitrogens with zero attached hydrogens (tertiary/aromatic N) is 1. The number of hydrogen-bond acceptors (Lipinski definition) is 6. The molecule has 0 aliphatic heterocycles. The van der Waals surface area contributed by atoms with E-state index in [9.17, 15) is 9.59 Å². The monoisotopic (exact) mass is 542 g/mol. The van der Waals surface area contributed by atoms with E-state index in [0.29, 0.717) is 26.7 Å². The molecule has 0 fully saturated rings. The highest BCUT2D eigenvalue weighted by Gasteiger charge is 2.25. The molecule has 1 amide bonds. The number of anilines is 1. The maximum Gasteiger partial charge on any atom is 0.350 e. The Morgan fingerprint density at radius 1 is 0.921 bits per heavy atom. The number of esters is 1. The molecule has 2 aromatic heterocycles. The molecule has 0 atom stereocenters. The lowest BCUT2D eigenvalue weighted by Gasteiger charge is -2.12. The maximum absolute atomic E-state index is 13.0. The van der Waals surface area contributed by atoms with Crippen LogP contribution in [-0.4, -0.2) is 30.1 Å². The van der Waals surface area contributed by atoms with Crippen molar-refractivity contribution in [2.75, 3.05) is 18.5 Å². The molecular weight excluding hydrogens is 520 g/mol. The van der Waals surface area contributed by atoms with E-state index in [2.05, 4.69) is 5.32 Å². The number of carbonyl (C=O) groups is 2. The molecule has 2 heterocycles. The van der Waals surface area contributed by atoms with Gasteiger partial charge in [0.25, 0.3) is 5.91 Å². The first-order chi connectivity index (χ1) is 18.5. The van der Waals surface area contributed by atoms with Crippen molar-refractivity contribution in [1.82, 2.24) is 4.98 Å². The van der Waals surface area contributed by atoms with Crippen LogP contribution in [0.1, 0.15) is 16.6 Å². The van der Waals surface area contributed by atoms with E-state index in [1.807, 2.05) is 66.7 Å². The summed E-state index contributed by atoms with van der Waals surface area (Å²) >= 11 is 7.12. The number of ether oxygens (including phenoxy) is 2. The first-order valence-corrected chi connectivity index (χ1v) is 13.2. The third kappa shape index (κ3) is 5.54. The largest absolute Gasteiger partial charge is 0.484 e. The quantitative estimate of drug-likeness (QED) is 0.206. The molecule has 0 bridgehead atoms. The van der Waals surface area contributed by atoms with E-state index in [-0.39, 0.29) is 18.1 Å². The van der Waals surface area contributed by atoms with E-state index >= 15 is 0 Å². The number of aromatic nitrogens is 1. The SMILES string of the molecule is CCOC(=O)c1sc2nc(-c3ccccc3)cc(-c3ccccc3)c2c1NC(=O)COc1ccc(Cl)cc1. The zero-order valence-corrected chi connectivity index (χ0v) is 22.0. The molecule has 6 nitrogen and oxygen atoms in total. The minimum absolute atomic E-state index is 0.203. The average molecular weight is 543 g/mol. The number of halogens is 1. The van der Waals surface area contributed by atoms with Crippen molar-refractivity contribution in [2.24, 2.45) is 0 Å². The number of carbonyl (C=O) groups excluding carboxylic acids is 2. The van der Waals surface area contributed by atoms with Gasteiger partial charge in [-0.1, -0.05) is 72.3 Å². The van der Waals surface area contributed by atoms with Crippen molar-refractivity contribution in [3.8, 4) is 28.1 Å². The van der Waals surface area contributed by atoms with Gasteiger partial charge in [-0.15, -0.1) is 11.3 Å². The Morgan fingerprint density at radius 3 is 2.24 bits per heavy atom. The second-order valence-corrected chi connectivity index (χ2v) is 9.72. The van der Waals surface area contributed by atoms with Crippen LogP contribution in [0.5, 0.6) is 5.75 Å². The van der Waals surface area contributed by atoms with Gasteiger partial charge in [-0.3, -0.25) is 4.79 Å². The number of pyridine rings is 1. The van der Waals surface area contributed by atoms with Crippen molar-refractivity contribution >= 4 is 50.7 Å². The summed E-state index contributed by atoms with van der Waals surface area (Å²) in [7, 11) is 0. The molecule has 0 saturated heterocycles. The van der Waals surface area contributed by atoms with E-state index in [1.165, 1.54) is 11.3 Å². The molecule has 3 aromatic carbocycles. The highest BCUT2D eigenvalue weighted by Crippen LogP contribution is 2.43. The van der Waals surface area contributed by atoms with Crippen LogP contribution >= 0.6 is 22.9 Å². The van der Waals surface area contributed by atoms with Gasteiger partial charge in [-0.2, -0.15) is 0 Å². The second-order valence-electron chi connectivity index (χ2n) is 8.28. The lowest BCUT2D eigenvalue weighted by atomic mass is 9.99. The average Bonchev–Trinajstić information content (AvgIpc) is 3.31. The van der Waals surface area contributed by atoms with Crippen molar-refractivity contribution < 1.29 is 19.1 Å². The molecule has 0 saturated carbocycles. The topological polar surface area (TPSA) is 77.5 Å². The summed E-state index contributed by atoms with van der Waals surface area (Å²) in [5.41, 5.74) is 3.84. The van der Waals surface area contributed by atoms with Crippen LogP contribution in [0.2, 0.25) is 5.02 Å². The summed E-state index contributed by atoms with van der Waals surface area (Å²) in [6, 6.07) is 28.3. The van der Waals surface area contributed by atoms with Crippen molar-refractivity contribution in [1.29, 1.82) is 0 Å². The molecule has 0 aliphatic carbocycles. The molecule has 38 heavy (non-hydrogen) atoms. The molecule has 8 heteroatoms. The lowest BCUT2D eigenvalue weighted by molar-refractivity contribution is -0.118. The molecule has 1 N–H and O–H groups in total. The van der Waals surface area contributed by atoms with Crippen LogP contribution in [-0.2, 0) is 9.53 Å². The minimum atomic E-state index is -0.523. The zero-order valence-electron chi connectivity index (χ0n) is 20.4. The molecule has 5 aromatic rings. The predicted molar refractivity (Wildman–Crippen MR) is 152 cm³/mol. The third-order valence-corrected chi connectivity index (χ3v) is 7.04. The Hall–Kier alpha value is -4.20. The van der Waals surface area contributed by atoms with Crippen molar-refractivity contribution in [3.05, 3.63) is 101 Å². The Bertz CT molecular complexity index is 1590. The van der Waals surface area contributed by atoms with Crippen LogP contribution < -0.4 is 10.1 Å². The Kier molecular flexibility index (Phi) is 7.67. The smallest absolute Gasteiger partial charge is 0.350 e. The summed E-state index contributed by atoms with van der Waals surface area (Å²) in [6.45, 7) is 1.69. The van der Waals surface area contributed by atoms with Crippen LogP contribution in [0.3, 0.4) is 0 Å². The van der Waals surface area contributed by atoms with Gasteiger partial charge >= 0.3 is 5.97 Å². The molecule has 0 aliphatic rings. The van der Waals surface area contributed by atoms with E-state index in [0.717, 1.165) is 22.4 Å². The van der Waals surface area contributed by atoms with Gasteiger partial charge in [0.2, 0.25) is 0 Å². The number of benzene rings is 3.